The Kier molecular flexibility index (Phi) is 6.36. The van der Waals surface area contributed by atoms with Crippen LogP contribution in [0.25, 0.3) is 0 Å². The van der Waals surface area contributed by atoms with Crippen molar-refractivity contribution in [2.45, 2.75) is 39.3 Å². The number of hydrogen-bond acceptors (Lipinski definition) is 3. The van der Waals surface area contributed by atoms with Gasteiger partial charge in [0, 0.05) is 32.4 Å². The predicted octanol–water partition coefficient (Wildman–Crippen LogP) is 1.88. The third-order valence-electron chi connectivity index (χ3n) is 3.84. The molecule has 0 aliphatic carbocycles. The van der Waals surface area contributed by atoms with E-state index >= 15 is 0 Å². The molecule has 1 aromatic rings. The maximum absolute atomic E-state index is 4.18. The van der Waals surface area contributed by atoms with E-state index in [0.29, 0.717) is 6.04 Å². The minimum Gasteiger partial charge on any atom is -0.310 e. The summed E-state index contributed by atoms with van der Waals surface area (Å²) in [7, 11) is 6.34. The molecule has 4 heteroatoms. The lowest BCUT2D eigenvalue weighted by atomic mass is 9.93. The van der Waals surface area contributed by atoms with Crippen molar-refractivity contribution in [3.63, 3.8) is 0 Å². The standard InChI is InChI=1S/C14H28N4/c1-6-12(7-2)14(17(3)4)11-15-10-13-8-9-16-18(13)5/h8-9,12,14-15H,6-7,10-11H2,1-5H3. The summed E-state index contributed by atoms with van der Waals surface area (Å²) in [6.45, 7) is 6.49. The van der Waals surface area contributed by atoms with E-state index in [0.717, 1.165) is 19.0 Å². The number of aromatic nitrogens is 2. The first-order chi connectivity index (χ1) is 8.60. The van der Waals surface area contributed by atoms with Gasteiger partial charge >= 0.3 is 0 Å². The Balaban J connectivity index is 2.45. The van der Waals surface area contributed by atoms with Gasteiger partial charge in [0.15, 0.2) is 0 Å². The van der Waals surface area contributed by atoms with Crippen molar-refractivity contribution in [3.8, 4) is 0 Å². The maximum atomic E-state index is 4.18. The summed E-state index contributed by atoms with van der Waals surface area (Å²) in [4.78, 5) is 2.34. The largest absolute Gasteiger partial charge is 0.310 e. The van der Waals surface area contributed by atoms with E-state index in [2.05, 4.69) is 49.3 Å². The molecule has 0 aromatic carbocycles. The molecule has 0 aliphatic heterocycles. The zero-order chi connectivity index (χ0) is 13.5. The summed E-state index contributed by atoms with van der Waals surface area (Å²) < 4.78 is 1.93. The first-order valence-electron chi connectivity index (χ1n) is 6.94. The number of nitrogens with one attached hydrogen (secondary N) is 1. The Hall–Kier alpha value is -0.870. The molecule has 0 saturated carbocycles. The molecule has 0 bridgehead atoms. The summed E-state index contributed by atoms with van der Waals surface area (Å²) in [5, 5.41) is 7.74. The number of hydrogen-bond donors (Lipinski definition) is 1. The average molecular weight is 252 g/mol. The van der Waals surface area contributed by atoms with E-state index in [-0.39, 0.29) is 0 Å². The fraction of sp³-hybridized carbons (Fsp3) is 0.786. The van der Waals surface area contributed by atoms with Gasteiger partial charge in [-0.2, -0.15) is 5.10 Å². The Bertz CT molecular complexity index is 328. The van der Waals surface area contributed by atoms with Crippen molar-refractivity contribution in [1.29, 1.82) is 0 Å². The van der Waals surface area contributed by atoms with Gasteiger partial charge in [0.1, 0.15) is 0 Å². The molecule has 1 N–H and O–H groups in total. The Morgan fingerprint density at radius 3 is 2.44 bits per heavy atom. The van der Waals surface area contributed by atoms with E-state index in [4.69, 9.17) is 0 Å². The van der Waals surface area contributed by atoms with E-state index in [1.165, 1.54) is 18.5 Å². The molecule has 1 heterocycles. The van der Waals surface area contributed by atoms with Gasteiger partial charge in [-0.1, -0.05) is 26.7 Å². The first-order valence-corrected chi connectivity index (χ1v) is 6.94. The molecule has 0 saturated heterocycles. The third kappa shape index (κ3) is 4.10. The van der Waals surface area contributed by atoms with Crippen LogP contribution in [-0.2, 0) is 13.6 Å². The fourth-order valence-corrected chi connectivity index (χ4v) is 2.53. The molecule has 1 atom stereocenters. The number of aryl methyl sites for hydroxylation is 1. The van der Waals surface area contributed by atoms with E-state index in [1.807, 2.05) is 17.9 Å². The molecule has 0 amide bonds. The molecule has 0 spiro atoms. The fourth-order valence-electron chi connectivity index (χ4n) is 2.53. The van der Waals surface area contributed by atoms with E-state index in [9.17, 15) is 0 Å². The maximum Gasteiger partial charge on any atom is 0.0518 e. The van der Waals surface area contributed by atoms with Gasteiger partial charge in [-0.25, -0.2) is 0 Å². The summed E-state index contributed by atoms with van der Waals surface area (Å²) in [6.07, 6.45) is 4.33. The van der Waals surface area contributed by atoms with E-state index in [1.54, 1.807) is 0 Å². The second kappa shape index (κ2) is 7.54. The molecule has 1 rings (SSSR count). The summed E-state index contributed by atoms with van der Waals surface area (Å²) >= 11 is 0. The lowest BCUT2D eigenvalue weighted by Crippen LogP contribution is -2.43. The van der Waals surface area contributed by atoms with Gasteiger partial charge in [0.2, 0.25) is 0 Å². The van der Waals surface area contributed by atoms with Crippen molar-refractivity contribution in [2.24, 2.45) is 13.0 Å². The van der Waals surface area contributed by atoms with Crippen LogP contribution in [0.2, 0.25) is 0 Å². The van der Waals surface area contributed by atoms with Crippen molar-refractivity contribution in [3.05, 3.63) is 18.0 Å². The van der Waals surface area contributed by atoms with E-state index < -0.39 is 0 Å². The van der Waals surface area contributed by atoms with Crippen molar-refractivity contribution in [1.82, 2.24) is 20.0 Å². The highest BCUT2D eigenvalue weighted by molar-refractivity contribution is 4.99. The third-order valence-corrected chi connectivity index (χ3v) is 3.84. The zero-order valence-corrected chi connectivity index (χ0v) is 12.5. The van der Waals surface area contributed by atoms with Crippen LogP contribution in [0, 0.1) is 5.92 Å². The van der Waals surface area contributed by atoms with Crippen molar-refractivity contribution < 1.29 is 0 Å². The van der Waals surface area contributed by atoms with Crippen LogP contribution < -0.4 is 5.32 Å². The van der Waals surface area contributed by atoms with Crippen LogP contribution in [0.4, 0.5) is 0 Å². The highest BCUT2D eigenvalue weighted by atomic mass is 15.3. The lowest BCUT2D eigenvalue weighted by Gasteiger charge is -2.31. The van der Waals surface area contributed by atoms with Gasteiger partial charge in [0.25, 0.3) is 0 Å². The van der Waals surface area contributed by atoms with Crippen molar-refractivity contribution in [2.75, 3.05) is 20.6 Å². The van der Waals surface area contributed by atoms with Crippen molar-refractivity contribution >= 4 is 0 Å². The SMILES string of the molecule is CCC(CC)C(CNCc1ccnn1C)N(C)C. The zero-order valence-electron chi connectivity index (χ0n) is 12.5. The molecular formula is C14H28N4. The average Bonchev–Trinajstić information content (AvgIpc) is 2.74. The normalized spacial score (nSPS) is 13.5. The van der Waals surface area contributed by atoms with Crippen LogP contribution in [0.3, 0.4) is 0 Å². The number of likely N-dealkylation sites (N-methyl/N-ethyl adjacent to an activating group) is 1. The molecule has 0 radical (unpaired) electrons. The number of rotatable bonds is 8. The monoisotopic (exact) mass is 252 g/mol. The molecule has 1 aromatic heterocycles. The quantitative estimate of drug-likeness (QED) is 0.767. The highest BCUT2D eigenvalue weighted by Crippen LogP contribution is 2.16. The topological polar surface area (TPSA) is 33.1 Å². The minimum absolute atomic E-state index is 0.605. The lowest BCUT2D eigenvalue weighted by molar-refractivity contribution is 0.193. The van der Waals surface area contributed by atoms with Gasteiger partial charge in [-0.05, 0) is 26.1 Å². The smallest absolute Gasteiger partial charge is 0.0518 e. The van der Waals surface area contributed by atoms with Crippen LogP contribution in [0.5, 0.6) is 0 Å². The van der Waals surface area contributed by atoms with Gasteiger partial charge in [0.05, 0.1) is 5.69 Å². The van der Waals surface area contributed by atoms with Crippen LogP contribution in [-0.4, -0.2) is 41.4 Å². The summed E-state index contributed by atoms with van der Waals surface area (Å²) in [5.74, 6) is 0.763. The predicted molar refractivity (Wildman–Crippen MR) is 76.5 cm³/mol. The molecular weight excluding hydrogens is 224 g/mol. The molecule has 0 fully saturated rings. The molecule has 18 heavy (non-hydrogen) atoms. The van der Waals surface area contributed by atoms with Crippen LogP contribution in [0.1, 0.15) is 32.4 Å². The minimum atomic E-state index is 0.605. The molecule has 4 nitrogen and oxygen atoms in total. The summed E-state index contributed by atoms with van der Waals surface area (Å²) in [5.41, 5.74) is 1.23. The van der Waals surface area contributed by atoms with Crippen LogP contribution >= 0.6 is 0 Å². The molecule has 1 unspecified atom stereocenters. The van der Waals surface area contributed by atoms with Gasteiger partial charge in [-0.15, -0.1) is 0 Å². The van der Waals surface area contributed by atoms with Gasteiger partial charge in [-0.3, -0.25) is 4.68 Å². The Labute approximate surface area is 111 Å². The molecule has 104 valence electrons. The second-order valence-corrected chi connectivity index (χ2v) is 5.18. The highest BCUT2D eigenvalue weighted by Gasteiger charge is 2.19. The number of nitrogens with zero attached hydrogens (tertiary/aromatic N) is 3. The summed E-state index contributed by atoms with van der Waals surface area (Å²) in [6, 6.07) is 2.67. The molecule has 0 aliphatic rings. The first kappa shape index (κ1) is 15.2. The second-order valence-electron chi connectivity index (χ2n) is 5.18. The van der Waals surface area contributed by atoms with Gasteiger partial charge < -0.3 is 10.2 Å². The Morgan fingerprint density at radius 2 is 2.00 bits per heavy atom. The Morgan fingerprint density at radius 1 is 1.33 bits per heavy atom. The van der Waals surface area contributed by atoms with Crippen LogP contribution in [0.15, 0.2) is 12.3 Å².